The van der Waals surface area contributed by atoms with E-state index in [1.807, 2.05) is 0 Å². The fraction of sp³-hybridized carbons (Fsp3) is 0.102. The van der Waals surface area contributed by atoms with Gasteiger partial charge < -0.3 is 9.80 Å². The molecule has 2 atom stereocenters. The van der Waals surface area contributed by atoms with Crippen LogP contribution in [-0.4, -0.2) is 12.1 Å². The molecule has 0 fully saturated rings. The Hall–Kier alpha value is -6.12. The van der Waals surface area contributed by atoms with E-state index in [2.05, 4.69) is 212 Å². The highest BCUT2D eigenvalue weighted by Gasteiger charge is 2.45. The van der Waals surface area contributed by atoms with Gasteiger partial charge in [-0.1, -0.05) is 140 Å². The minimum absolute atomic E-state index is 0.0236. The fourth-order valence-corrected chi connectivity index (χ4v) is 8.44. The standard InChI is InChI=1S/C49H40N2/c1-3-50-48-32-25-38(34-46(48)47-20-12-13-33-49(47,50)2)43-31-30-42(44-18-10-11-19-45(43)44)37-23-28-41(29-24-37)51(39-16-8-5-9-17-39)40-26-21-36(22-27-40)35-14-6-4-7-15-35/h4-34,47H,3H2,1-2H3. The molecule has 2 heteroatoms. The van der Waals surface area contributed by atoms with Crippen LogP contribution in [0.1, 0.15) is 25.3 Å². The van der Waals surface area contributed by atoms with Crippen molar-refractivity contribution in [3.8, 4) is 33.4 Å². The van der Waals surface area contributed by atoms with Crippen molar-refractivity contribution in [3.63, 3.8) is 0 Å². The van der Waals surface area contributed by atoms with Gasteiger partial charge in [0, 0.05) is 35.2 Å². The lowest BCUT2D eigenvalue weighted by molar-refractivity contribution is 0.506. The summed E-state index contributed by atoms with van der Waals surface area (Å²) in [5, 5.41) is 2.54. The van der Waals surface area contributed by atoms with Crippen LogP contribution < -0.4 is 9.80 Å². The largest absolute Gasteiger partial charge is 0.362 e. The number of hydrogen-bond donors (Lipinski definition) is 0. The molecule has 9 rings (SSSR count). The van der Waals surface area contributed by atoms with Crippen LogP contribution in [0.15, 0.2) is 188 Å². The Morgan fingerprint density at radius 3 is 1.71 bits per heavy atom. The van der Waals surface area contributed by atoms with Crippen molar-refractivity contribution in [2.75, 3.05) is 16.3 Å². The number of likely N-dealkylation sites (N-methyl/N-ethyl adjacent to an activating group) is 1. The number of rotatable bonds is 7. The van der Waals surface area contributed by atoms with E-state index in [9.17, 15) is 0 Å². The minimum atomic E-state index is -0.0236. The van der Waals surface area contributed by atoms with Gasteiger partial charge in [-0.05, 0) is 112 Å². The lowest BCUT2D eigenvalue weighted by atomic mass is 9.80. The smallest absolute Gasteiger partial charge is 0.0663 e. The van der Waals surface area contributed by atoms with Crippen molar-refractivity contribution in [1.29, 1.82) is 0 Å². The highest BCUT2D eigenvalue weighted by molar-refractivity contribution is 6.05. The molecular formula is C49H40N2. The second-order valence-electron chi connectivity index (χ2n) is 13.8. The monoisotopic (exact) mass is 656 g/mol. The Labute approximate surface area is 301 Å². The van der Waals surface area contributed by atoms with Crippen LogP contribution in [0.2, 0.25) is 0 Å². The Kier molecular flexibility index (Phi) is 7.66. The average Bonchev–Trinajstić information content (AvgIpc) is 3.45. The molecule has 1 heterocycles. The molecule has 1 aliphatic carbocycles. The molecule has 2 unspecified atom stereocenters. The number of benzene rings is 7. The van der Waals surface area contributed by atoms with Gasteiger partial charge in [0.05, 0.1) is 5.54 Å². The number of nitrogens with zero attached hydrogens (tertiary/aromatic N) is 2. The van der Waals surface area contributed by atoms with Crippen molar-refractivity contribution in [2.45, 2.75) is 25.3 Å². The van der Waals surface area contributed by atoms with E-state index in [4.69, 9.17) is 0 Å². The fourth-order valence-electron chi connectivity index (χ4n) is 8.44. The number of allylic oxidation sites excluding steroid dienone is 2. The molecule has 1 aliphatic heterocycles. The number of para-hydroxylation sites is 1. The van der Waals surface area contributed by atoms with Crippen molar-refractivity contribution >= 4 is 33.5 Å². The SMILES string of the molecule is CCN1c2ccc(-c3ccc(-c4ccc(N(c5ccccc5)c5ccc(-c6ccccc6)cc5)cc4)c4ccccc34)cc2C2C=CC=CC21C. The van der Waals surface area contributed by atoms with Crippen molar-refractivity contribution in [3.05, 3.63) is 194 Å². The van der Waals surface area contributed by atoms with Crippen LogP contribution in [0.5, 0.6) is 0 Å². The summed E-state index contributed by atoms with van der Waals surface area (Å²) in [4.78, 5) is 4.88. The van der Waals surface area contributed by atoms with Gasteiger partial charge in [0.1, 0.15) is 0 Å². The zero-order valence-electron chi connectivity index (χ0n) is 29.1. The quantitative estimate of drug-likeness (QED) is 0.168. The first kappa shape index (κ1) is 30.9. The molecule has 7 aromatic rings. The molecule has 51 heavy (non-hydrogen) atoms. The zero-order valence-corrected chi connectivity index (χ0v) is 29.1. The molecule has 0 aromatic heterocycles. The van der Waals surface area contributed by atoms with Gasteiger partial charge in [0.15, 0.2) is 0 Å². The Bertz CT molecular complexity index is 2410. The van der Waals surface area contributed by atoms with E-state index >= 15 is 0 Å². The van der Waals surface area contributed by atoms with E-state index in [0.717, 1.165) is 23.6 Å². The summed E-state index contributed by atoms with van der Waals surface area (Å²) in [6, 6.07) is 59.7. The number of anilines is 4. The van der Waals surface area contributed by atoms with E-state index in [1.165, 1.54) is 55.4 Å². The molecule has 0 saturated carbocycles. The molecule has 0 spiro atoms. The van der Waals surface area contributed by atoms with Crippen LogP contribution in [-0.2, 0) is 0 Å². The van der Waals surface area contributed by atoms with Crippen LogP contribution >= 0.6 is 0 Å². The lowest BCUT2D eigenvalue weighted by Crippen LogP contribution is -2.44. The summed E-state index contributed by atoms with van der Waals surface area (Å²) in [6.45, 7) is 5.62. The Morgan fingerprint density at radius 1 is 0.529 bits per heavy atom. The predicted octanol–water partition coefficient (Wildman–Crippen LogP) is 13.1. The van der Waals surface area contributed by atoms with Gasteiger partial charge >= 0.3 is 0 Å². The second-order valence-corrected chi connectivity index (χ2v) is 13.8. The third kappa shape index (κ3) is 5.27. The molecule has 2 nitrogen and oxygen atoms in total. The Morgan fingerprint density at radius 2 is 1.06 bits per heavy atom. The van der Waals surface area contributed by atoms with E-state index in [0.29, 0.717) is 5.92 Å². The van der Waals surface area contributed by atoms with Crippen molar-refractivity contribution in [2.24, 2.45) is 0 Å². The van der Waals surface area contributed by atoms with Crippen LogP contribution in [0.25, 0.3) is 44.2 Å². The van der Waals surface area contributed by atoms with Gasteiger partial charge in [-0.2, -0.15) is 0 Å². The third-order valence-electron chi connectivity index (χ3n) is 10.9. The van der Waals surface area contributed by atoms with Gasteiger partial charge in [-0.15, -0.1) is 0 Å². The van der Waals surface area contributed by atoms with Crippen LogP contribution in [0, 0.1) is 0 Å². The first-order valence-electron chi connectivity index (χ1n) is 18.0. The first-order chi connectivity index (χ1) is 25.1. The topological polar surface area (TPSA) is 6.48 Å². The van der Waals surface area contributed by atoms with E-state index < -0.39 is 0 Å². The number of fused-ring (bicyclic) bond motifs is 4. The van der Waals surface area contributed by atoms with Gasteiger partial charge in [0.25, 0.3) is 0 Å². The predicted molar refractivity (Wildman–Crippen MR) is 217 cm³/mol. The summed E-state index contributed by atoms with van der Waals surface area (Å²) in [7, 11) is 0. The summed E-state index contributed by atoms with van der Waals surface area (Å²) < 4.78 is 0. The molecule has 0 bridgehead atoms. The van der Waals surface area contributed by atoms with E-state index in [1.54, 1.807) is 0 Å². The zero-order chi connectivity index (χ0) is 34.4. The summed E-state index contributed by atoms with van der Waals surface area (Å²) >= 11 is 0. The highest BCUT2D eigenvalue weighted by atomic mass is 15.2. The van der Waals surface area contributed by atoms with Crippen LogP contribution in [0.3, 0.4) is 0 Å². The maximum Gasteiger partial charge on any atom is 0.0663 e. The molecule has 0 amide bonds. The lowest BCUT2D eigenvalue weighted by Gasteiger charge is -2.38. The molecule has 0 N–H and O–H groups in total. The molecular weight excluding hydrogens is 617 g/mol. The number of hydrogen-bond acceptors (Lipinski definition) is 2. The summed E-state index contributed by atoms with van der Waals surface area (Å²) in [5.41, 5.74) is 13.5. The second kappa shape index (κ2) is 12.6. The molecule has 246 valence electrons. The summed E-state index contributed by atoms with van der Waals surface area (Å²) in [5.74, 6) is 0.346. The molecule has 2 aliphatic rings. The maximum atomic E-state index is 2.56. The van der Waals surface area contributed by atoms with Crippen LogP contribution in [0.4, 0.5) is 22.7 Å². The van der Waals surface area contributed by atoms with E-state index in [-0.39, 0.29) is 5.54 Å². The maximum absolute atomic E-state index is 2.56. The van der Waals surface area contributed by atoms with Gasteiger partial charge in [-0.3, -0.25) is 0 Å². The normalized spacial score (nSPS) is 17.4. The summed E-state index contributed by atoms with van der Waals surface area (Å²) in [6.07, 6.45) is 9.16. The van der Waals surface area contributed by atoms with Gasteiger partial charge in [0.2, 0.25) is 0 Å². The minimum Gasteiger partial charge on any atom is -0.362 e. The average molecular weight is 657 g/mol. The highest BCUT2D eigenvalue weighted by Crippen LogP contribution is 2.51. The van der Waals surface area contributed by atoms with Gasteiger partial charge in [-0.25, -0.2) is 0 Å². The molecule has 0 saturated heterocycles. The third-order valence-corrected chi connectivity index (χ3v) is 10.9. The molecule has 7 aromatic carbocycles. The van der Waals surface area contributed by atoms with Crippen molar-refractivity contribution < 1.29 is 0 Å². The Balaban J connectivity index is 1.08. The molecule has 0 radical (unpaired) electrons. The van der Waals surface area contributed by atoms with Crippen molar-refractivity contribution in [1.82, 2.24) is 0 Å². The first-order valence-corrected chi connectivity index (χ1v) is 18.0.